The molecule has 0 fully saturated rings. The van der Waals surface area contributed by atoms with E-state index < -0.39 is 4.92 Å². The number of aromatic nitrogens is 3. The number of nitrogens with one attached hydrogen (secondary N) is 1. The molecule has 4 rings (SSSR count). The van der Waals surface area contributed by atoms with E-state index in [4.69, 9.17) is 16.0 Å². The summed E-state index contributed by atoms with van der Waals surface area (Å²) in [4.78, 5) is 27.1. The van der Waals surface area contributed by atoms with Crippen molar-refractivity contribution in [3.63, 3.8) is 0 Å². The SMILES string of the molecule is Cc1cc(NC(=O)CCc2ncc(-c3ccc(Cl)cc3)o2)n(-c2ccc([N+](=O)[O-])cc2)n1. The molecule has 10 heteroatoms. The van der Waals surface area contributed by atoms with Gasteiger partial charge in [-0.3, -0.25) is 14.9 Å². The van der Waals surface area contributed by atoms with Crippen LogP contribution in [0.3, 0.4) is 0 Å². The maximum absolute atomic E-state index is 12.5. The number of anilines is 1. The van der Waals surface area contributed by atoms with Crippen LogP contribution in [-0.2, 0) is 11.2 Å². The van der Waals surface area contributed by atoms with Gasteiger partial charge in [0.2, 0.25) is 5.91 Å². The minimum Gasteiger partial charge on any atom is -0.441 e. The molecule has 2 heterocycles. The fourth-order valence-electron chi connectivity index (χ4n) is 3.10. The van der Waals surface area contributed by atoms with Gasteiger partial charge in [-0.15, -0.1) is 0 Å². The van der Waals surface area contributed by atoms with Crippen LogP contribution < -0.4 is 5.32 Å². The average Bonchev–Trinajstić information content (AvgIpc) is 3.39. The van der Waals surface area contributed by atoms with Crippen LogP contribution in [0.15, 0.2) is 65.2 Å². The van der Waals surface area contributed by atoms with Crippen molar-refractivity contribution in [2.75, 3.05) is 5.32 Å². The number of nitrogens with zero attached hydrogens (tertiary/aromatic N) is 4. The van der Waals surface area contributed by atoms with Crippen LogP contribution >= 0.6 is 11.6 Å². The topological polar surface area (TPSA) is 116 Å². The van der Waals surface area contributed by atoms with Gasteiger partial charge in [0.25, 0.3) is 5.69 Å². The van der Waals surface area contributed by atoms with Crippen molar-refractivity contribution in [3.05, 3.63) is 87.5 Å². The van der Waals surface area contributed by atoms with E-state index in [2.05, 4.69) is 15.4 Å². The molecule has 1 N–H and O–H groups in total. The number of oxazole rings is 1. The Morgan fingerprint density at radius 2 is 1.91 bits per heavy atom. The van der Waals surface area contributed by atoms with Crippen LogP contribution in [0.2, 0.25) is 5.02 Å². The molecule has 0 aliphatic rings. The third kappa shape index (κ3) is 4.84. The average molecular weight is 452 g/mol. The zero-order valence-corrected chi connectivity index (χ0v) is 17.7. The number of carbonyl (C=O) groups is 1. The van der Waals surface area contributed by atoms with E-state index in [1.807, 2.05) is 12.1 Å². The summed E-state index contributed by atoms with van der Waals surface area (Å²) in [5.41, 5.74) is 2.12. The van der Waals surface area contributed by atoms with Gasteiger partial charge in [-0.05, 0) is 43.3 Å². The summed E-state index contributed by atoms with van der Waals surface area (Å²) in [6.45, 7) is 1.79. The minimum absolute atomic E-state index is 0.0212. The number of carbonyl (C=O) groups excluding carboxylic acids is 1. The highest BCUT2D eigenvalue weighted by molar-refractivity contribution is 6.30. The van der Waals surface area contributed by atoms with E-state index >= 15 is 0 Å². The molecule has 0 atom stereocenters. The van der Waals surface area contributed by atoms with E-state index in [-0.39, 0.29) is 18.0 Å². The summed E-state index contributed by atoms with van der Waals surface area (Å²) >= 11 is 5.90. The second-order valence-corrected chi connectivity index (χ2v) is 7.47. The second-order valence-electron chi connectivity index (χ2n) is 7.03. The fourth-order valence-corrected chi connectivity index (χ4v) is 3.23. The first-order chi connectivity index (χ1) is 15.4. The lowest BCUT2D eigenvalue weighted by atomic mass is 10.2. The summed E-state index contributed by atoms with van der Waals surface area (Å²) in [6.07, 6.45) is 2.10. The molecule has 0 radical (unpaired) electrons. The van der Waals surface area contributed by atoms with Crippen LogP contribution in [-0.4, -0.2) is 25.6 Å². The number of nitro groups is 1. The number of amides is 1. The summed E-state index contributed by atoms with van der Waals surface area (Å²) in [5.74, 6) is 1.28. The van der Waals surface area contributed by atoms with Gasteiger partial charge >= 0.3 is 0 Å². The summed E-state index contributed by atoms with van der Waals surface area (Å²) < 4.78 is 7.26. The third-order valence-corrected chi connectivity index (χ3v) is 4.90. The first-order valence-corrected chi connectivity index (χ1v) is 10.1. The molecule has 9 nitrogen and oxygen atoms in total. The minimum atomic E-state index is -0.470. The Morgan fingerprint density at radius 1 is 1.19 bits per heavy atom. The number of aryl methyl sites for hydroxylation is 2. The molecule has 0 saturated carbocycles. The molecule has 4 aromatic rings. The zero-order chi connectivity index (χ0) is 22.7. The van der Waals surface area contributed by atoms with Crippen molar-refractivity contribution in [2.45, 2.75) is 19.8 Å². The first-order valence-electron chi connectivity index (χ1n) is 9.71. The quantitative estimate of drug-likeness (QED) is 0.313. The fraction of sp³-hybridized carbons (Fsp3) is 0.136. The van der Waals surface area contributed by atoms with Crippen molar-refractivity contribution < 1.29 is 14.1 Å². The maximum Gasteiger partial charge on any atom is 0.269 e. The van der Waals surface area contributed by atoms with Crippen LogP contribution in [0, 0.1) is 17.0 Å². The molecule has 162 valence electrons. The molecule has 0 unspecified atom stereocenters. The smallest absolute Gasteiger partial charge is 0.269 e. The van der Waals surface area contributed by atoms with E-state index in [1.165, 1.54) is 16.8 Å². The first kappa shape index (κ1) is 21.3. The highest BCUT2D eigenvalue weighted by Crippen LogP contribution is 2.23. The zero-order valence-electron chi connectivity index (χ0n) is 17.0. The molecule has 2 aromatic heterocycles. The van der Waals surface area contributed by atoms with Crippen molar-refractivity contribution in [1.29, 1.82) is 0 Å². The van der Waals surface area contributed by atoms with Gasteiger partial charge in [0.05, 0.1) is 22.5 Å². The molecule has 2 aromatic carbocycles. The summed E-state index contributed by atoms with van der Waals surface area (Å²) in [6, 6.07) is 14.9. The van der Waals surface area contributed by atoms with Crippen LogP contribution in [0.4, 0.5) is 11.5 Å². The Balaban J connectivity index is 1.41. The number of halogens is 1. The van der Waals surface area contributed by atoms with Crippen LogP contribution in [0.5, 0.6) is 0 Å². The molecule has 0 bridgehead atoms. The number of nitro benzene ring substituents is 1. The molecular weight excluding hydrogens is 434 g/mol. The summed E-state index contributed by atoms with van der Waals surface area (Å²) in [5, 5.41) is 18.7. The molecule has 0 aliphatic carbocycles. The Kier molecular flexibility index (Phi) is 6.00. The Bertz CT molecular complexity index is 1260. The highest BCUT2D eigenvalue weighted by Gasteiger charge is 2.14. The maximum atomic E-state index is 12.5. The van der Waals surface area contributed by atoms with Gasteiger partial charge in [0.1, 0.15) is 5.82 Å². The number of non-ortho nitro benzene ring substituents is 1. The normalized spacial score (nSPS) is 10.8. The predicted octanol–water partition coefficient (Wildman–Crippen LogP) is 4.97. The number of benzene rings is 2. The molecule has 32 heavy (non-hydrogen) atoms. The standard InChI is InChI=1S/C22H18ClN5O4/c1-14-12-20(27(26-14)17-6-8-18(9-7-17)28(30)31)25-21(29)10-11-22-24-13-19(32-22)15-2-4-16(23)5-3-15/h2-9,12-13H,10-11H2,1H3,(H,25,29). The van der Waals surface area contributed by atoms with Crippen LogP contribution in [0.25, 0.3) is 17.0 Å². The highest BCUT2D eigenvalue weighted by atomic mass is 35.5. The predicted molar refractivity (Wildman–Crippen MR) is 119 cm³/mol. The van der Waals surface area contributed by atoms with Gasteiger partial charge in [-0.2, -0.15) is 5.10 Å². The van der Waals surface area contributed by atoms with Crippen molar-refractivity contribution in [1.82, 2.24) is 14.8 Å². The number of hydrogen-bond acceptors (Lipinski definition) is 6. The lowest BCUT2D eigenvalue weighted by Crippen LogP contribution is -2.15. The Labute approximate surface area is 187 Å². The van der Waals surface area contributed by atoms with Gasteiger partial charge in [-0.1, -0.05) is 11.6 Å². The third-order valence-electron chi connectivity index (χ3n) is 4.65. The van der Waals surface area contributed by atoms with Gasteiger partial charge < -0.3 is 9.73 Å². The number of rotatable bonds is 7. The van der Waals surface area contributed by atoms with Crippen molar-refractivity contribution >= 4 is 29.0 Å². The van der Waals surface area contributed by atoms with Gasteiger partial charge in [0.15, 0.2) is 11.7 Å². The number of hydrogen-bond donors (Lipinski definition) is 1. The molecule has 0 saturated heterocycles. The van der Waals surface area contributed by atoms with Gasteiger partial charge in [0, 0.05) is 41.6 Å². The largest absolute Gasteiger partial charge is 0.441 e. The lowest BCUT2D eigenvalue weighted by molar-refractivity contribution is -0.384. The van der Waals surface area contributed by atoms with E-state index in [9.17, 15) is 14.9 Å². The second kappa shape index (κ2) is 9.03. The van der Waals surface area contributed by atoms with Crippen LogP contribution in [0.1, 0.15) is 18.0 Å². The van der Waals surface area contributed by atoms with E-state index in [1.54, 1.807) is 43.5 Å². The monoisotopic (exact) mass is 451 g/mol. The van der Waals surface area contributed by atoms with Gasteiger partial charge in [-0.25, -0.2) is 9.67 Å². The lowest BCUT2D eigenvalue weighted by Gasteiger charge is -2.08. The van der Waals surface area contributed by atoms with Crippen molar-refractivity contribution in [3.8, 4) is 17.0 Å². The molecule has 0 spiro atoms. The van der Waals surface area contributed by atoms with E-state index in [0.717, 1.165) is 5.56 Å². The molecule has 0 aliphatic heterocycles. The van der Waals surface area contributed by atoms with Crippen molar-refractivity contribution in [2.24, 2.45) is 0 Å². The molecule has 1 amide bonds. The Morgan fingerprint density at radius 3 is 2.59 bits per heavy atom. The van der Waals surface area contributed by atoms with E-state index in [0.29, 0.717) is 40.3 Å². The molecular formula is C22H18ClN5O4. The summed E-state index contributed by atoms with van der Waals surface area (Å²) in [7, 11) is 0. The Hall–Kier alpha value is -3.98.